The monoisotopic (exact) mass is 266 g/mol. The van der Waals surface area contributed by atoms with Crippen LogP contribution >= 0.6 is 31.9 Å². The van der Waals surface area contributed by atoms with E-state index in [2.05, 4.69) is 44.0 Å². The van der Waals surface area contributed by atoms with Gasteiger partial charge in [-0.3, -0.25) is 0 Å². The van der Waals surface area contributed by atoms with Crippen molar-refractivity contribution in [3.63, 3.8) is 0 Å². The lowest BCUT2D eigenvalue weighted by Crippen LogP contribution is -2.19. The maximum Gasteiger partial charge on any atom is 0.00656 e. The molecule has 0 aliphatic heterocycles. The van der Waals surface area contributed by atoms with Gasteiger partial charge in [-0.2, -0.15) is 0 Å². The minimum Gasteiger partial charge on any atom is -0.0925 e. The van der Waals surface area contributed by atoms with E-state index < -0.39 is 0 Å². The predicted molar refractivity (Wildman–Crippen MR) is 52.9 cm³/mol. The van der Waals surface area contributed by atoms with E-state index in [1.165, 1.54) is 12.8 Å². The molecule has 0 aromatic rings. The summed E-state index contributed by atoms with van der Waals surface area (Å²) in [7, 11) is 0. The molecule has 0 aromatic carbocycles. The zero-order valence-corrected chi connectivity index (χ0v) is 9.07. The van der Waals surface area contributed by atoms with E-state index in [9.17, 15) is 0 Å². The Morgan fingerprint density at radius 1 is 1.00 bits per heavy atom. The molecule has 0 fully saturated rings. The van der Waals surface area contributed by atoms with E-state index in [0.717, 1.165) is 22.5 Å². The number of halogens is 2. The first-order valence-electron chi connectivity index (χ1n) is 3.65. The van der Waals surface area contributed by atoms with Crippen LogP contribution in [-0.2, 0) is 0 Å². The highest BCUT2D eigenvalue weighted by atomic mass is 79.9. The Balaban J connectivity index is 2.45. The summed E-state index contributed by atoms with van der Waals surface area (Å²) in [5, 5.41) is 2.29. The van der Waals surface area contributed by atoms with Crippen molar-refractivity contribution in [2.24, 2.45) is 11.8 Å². The van der Waals surface area contributed by atoms with Gasteiger partial charge in [0.2, 0.25) is 0 Å². The Labute approximate surface area is 79.3 Å². The van der Waals surface area contributed by atoms with Gasteiger partial charge < -0.3 is 0 Å². The van der Waals surface area contributed by atoms with Gasteiger partial charge >= 0.3 is 0 Å². The molecule has 0 spiro atoms. The highest BCUT2D eigenvalue weighted by Gasteiger charge is 2.19. The average molecular weight is 268 g/mol. The van der Waals surface area contributed by atoms with Crippen LogP contribution in [0.3, 0.4) is 0 Å². The number of rotatable bonds is 2. The van der Waals surface area contributed by atoms with Crippen molar-refractivity contribution in [2.75, 3.05) is 10.7 Å². The van der Waals surface area contributed by atoms with Gasteiger partial charge in [0.1, 0.15) is 0 Å². The molecule has 0 amide bonds. The Morgan fingerprint density at radius 3 is 1.70 bits per heavy atom. The number of alkyl halides is 2. The molecule has 0 saturated carbocycles. The second-order valence-corrected chi connectivity index (χ2v) is 4.07. The molecule has 2 heteroatoms. The fourth-order valence-corrected chi connectivity index (χ4v) is 2.89. The first-order valence-corrected chi connectivity index (χ1v) is 5.89. The molecule has 2 atom stereocenters. The molecular weight excluding hydrogens is 256 g/mol. The summed E-state index contributed by atoms with van der Waals surface area (Å²) in [6.07, 6.45) is 7.10. The summed E-state index contributed by atoms with van der Waals surface area (Å²) >= 11 is 7.07. The molecule has 0 bridgehead atoms. The second-order valence-electron chi connectivity index (χ2n) is 2.77. The number of allylic oxidation sites excluding steroid dienone is 2. The highest BCUT2D eigenvalue weighted by Crippen LogP contribution is 2.28. The molecule has 0 radical (unpaired) electrons. The van der Waals surface area contributed by atoms with Gasteiger partial charge in [0.05, 0.1) is 0 Å². The lowest BCUT2D eigenvalue weighted by atomic mass is 9.86. The maximum atomic E-state index is 3.54. The maximum absolute atomic E-state index is 3.54. The van der Waals surface area contributed by atoms with Gasteiger partial charge in [0.25, 0.3) is 0 Å². The van der Waals surface area contributed by atoms with E-state index in [-0.39, 0.29) is 0 Å². The molecule has 0 unspecified atom stereocenters. The van der Waals surface area contributed by atoms with Crippen molar-refractivity contribution in [3.05, 3.63) is 12.2 Å². The summed E-state index contributed by atoms with van der Waals surface area (Å²) in [5.41, 5.74) is 0. The lowest BCUT2D eigenvalue weighted by molar-refractivity contribution is 0.397. The van der Waals surface area contributed by atoms with Crippen LogP contribution in [0.25, 0.3) is 0 Å². The van der Waals surface area contributed by atoms with Crippen LogP contribution in [0.15, 0.2) is 12.2 Å². The van der Waals surface area contributed by atoms with E-state index >= 15 is 0 Å². The Bertz CT molecular complexity index is 106. The van der Waals surface area contributed by atoms with Crippen LogP contribution in [0.2, 0.25) is 0 Å². The van der Waals surface area contributed by atoms with Crippen LogP contribution in [0.5, 0.6) is 0 Å². The quantitative estimate of drug-likeness (QED) is 0.532. The lowest BCUT2D eigenvalue weighted by Gasteiger charge is -2.24. The Morgan fingerprint density at radius 2 is 1.40 bits per heavy atom. The van der Waals surface area contributed by atoms with Crippen molar-refractivity contribution in [1.82, 2.24) is 0 Å². The molecule has 1 aliphatic rings. The Kier molecular flexibility index (Phi) is 4.00. The first-order chi connectivity index (χ1) is 4.88. The third-order valence-corrected chi connectivity index (χ3v) is 3.77. The summed E-state index contributed by atoms with van der Waals surface area (Å²) in [4.78, 5) is 0. The molecule has 0 aromatic heterocycles. The topological polar surface area (TPSA) is 0 Å². The van der Waals surface area contributed by atoms with E-state index in [1.807, 2.05) is 0 Å². The van der Waals surface area contributed by atoms with E-state index in [1.54, 1.807) is 0 Å². The van der Waals surface area contributed by atoms with Gasteiger partial charge in [-0.25, -0.2) is 0 Å². The minimum atomic E-state index is 0.851. The van der Waals surface area contributed by atoms with E-state index in [0.29, 0.717) is 0 Å². The fourth-order valence-electron chi connectivity index (χ4n) is 1.30. The second kappa shape index (κ2) is 4.55. The first kappa shape index (κ1) is 8.79. The molecule has 1 rings (SSSR count). The molecule has 0 saturated heterocycles. The number of hydrogen-bond acceptors (Lipinski definition) is 0. The molecule has 1 aliphatic carbocycles. The van der Waals surface area contributed by atoms with Crippen molar-refractivity contribution in [1.29, 1.82) is 0 Å². The van der Waals surface area contributed by atoms with Gasteiger partial charge in [0.15, 0.2) is 0 Å². The third-order valence-electron chi connectivity index (χ3n) is 2.11. The van der Waals surface area contributed by atoms with Gasteiger partial charge in [-0.05, 0) is 24.7 Å². The Hall–Kier alpha value is 0.700. The van der Waals surface area contributed by atoms with Gasteiger partial charge in [0, 0.05) is 10.7 Å². The van der Waals surface area contributed by atoms with Gasteiger partial charge in [-0.1, -0.05) is 44.0 Å². The normalized spacial score (nSPS) is 32.6. The summed E-state index contributed by atoms with van der Waals surface area (Å²) in [6.45, 7) is 0. The van der Waals surface area contributed by atoms with Crippen LogP contribution < -0.4 is 0 Å². The zero-order chi connectivity index (χ0) is 7.40. The van der Waals surface area contributed by atoms with Crippen molar-refractivity contribution >= 4 is 31.9 Å². The molecule has 58 valence electrons. The standard InChI is InChI=1S/C8H12Br2/c9-5-7-3-1-2-4-8(7)6-10/h1-2,7-8H,3-6H2/t7-,8+. The molecule has 0 N–H and O–H groups in total. The molecule has 0 nitrogen and oxygen atoms in total. The van der Waals surface area contributed by atoms with Crippen molar-refractivity contribution < 1.29 is 0 Å². The van der Waals surface area contributed by atoms with E-state index in [4.69, 9.17) is 0 Å². The number of hydrogen-bond donors (Lipinski definition) is 0. The fraction of sp³-hybridized carbons (Fsp3) is 0.750. The average Bonchev–Trinajstić information content (AvgIpc) is 2.04. The van der Waals surface area contributed by atoms with Crippen LogP contribution in [0, 0.1) is 11.8 Å². The van der Waals surface area contributed by atoms with Crippen molar-refractivity contribution in [2.45, 2.75) is 12.8 Å². The summed E-state index contributed by atoms with van der Waals surface area (Å²) in [5.74, 6) is 1.70. The SMILES string of the molecule is BrC[C@@H]1CC=CC[C@@H]1CBr. The largest absolute Gasteiger partial charge is 0.0925 e. The van der Waals surface area contributed by atoms with Gasteiger partial charge in [-0.15, -0.1) is 0 Å². The molecule has 0 heterocycles. The highest BCUT2D eigenvalue weighted by molar-refractivity contribution is 9.09. The van der Waals surface area contributed by atoms with Crippen LogP contribution in [0.4, 0.5) is 0 Å². The van der Waals surface area contributed by atoms with Crippen LogP contribution in [0.1, 0.15) is 12.8 Å². The minimum absolute atomic E-state index is 0.851. The van der Waals surface area contributed by atoms with Crippen LogP contribution in [-0.4, -0.2) is 10.7 Å². The third kappa shape index (κ3) is 2.09. The molecule has 10 heavy (non-hydrogen) atoms. The summed E-state index contributed by atoms with van der Waals surface area (Å²) < 4.78 is 0. The smallest absolute Gasteiger partial charge is 0.00656 e. The predicted octanol–water partition coefficient (Wildman–Crippen LogP) is 3.36. The zero-order valence-electron chi connectivity index (χ0n) is 5.89. The summed E-state index contributed by atoms with van der Waals surface area (Å²) in [6, 6.07) is 0. The van der Waals surface area contributed by atoms with Crippen molar-refractivity contribution in [3.8, 4) is 0 Å². The molecular formula is C8H12Br2.